The zero-order valence-corrected chi connectivity index (χ0v) is 22.1. The Balaban J connectivity index is 1.25. The van der Waals surface area contributed by atoms with Crippen LogP contribution in [0.15, 0.2) is 16.6 Å². The van der Waals surface area contributed by atoms with Gasteiger partial charge in [-0.1, -0.05) is 26.0 Å². The highest BCUT2D eigenvalue weighted by atomic mass is 16.3. The van der Waals surface area contributed by atoms with E-state index in [9.17, 15) is 0 Å². The minimum Gasteiger partial charge on any atom is -0.465 e. The molecular weight excluding hydrogens is 432 g/mol. The van der Waals surface area contributed by atoms with Gasteiger partial charge < -0.3 is 10.2 Å². The van der Waals surface area contributed by atoms with Crippen molar-refractivity contribution in [3.05, 3.63) is 34.8 Å². The topological polar surface area (TPSA) is 75.2 Å². The number of nitrogens with two attached hydrogens (primary N) is 1. The molecule has 35 heavy (non-hydrogen) atoms. The van der Waals surface area contributed by atoms with Gasteiger partial charge >= 0.3 is 0 Å². The third kappa shape index (κ3) is 4.35. The van der Waals surface area contributed by atoms with E-state index in [-0.39, 0.29) is 11.7 Å². The van der Waals surface area contributed by atoms with Crippen molar-refractivity contribution in [1.82, 2.24) is 16.0 Å². The smallest absolute Gasteiger partial charge is 0.115 e. The Hall–Kier alpha value is -1.14. The second-order valence-corrected chi connectivity index (χ2v) is 12.9. The molecule has 5 aliphatic rings. The molecule has 0 bridgehead atoms. The first kappa shape index (κ1) is 24.2. The molecule has 1 aromatic heterocycles. The number of aryl methyl sites for hydroxylation is 1. The fraction of sp³-hybridized carbons (Fsp3) is 0.800. The van der Waals surface area contributed by atoms with E-state index in [1.54, 1.807) is 11.1 Å². The summed E-state index contributed by atoms with van der Waals surface area (Å²) in [5.41, 5.74) is 9.81. The molecule has 2 heterocycles. The summed E-state index contributed by atoms with van der Waals surface area (Å²) in [4.78, 5) is 0. The van der Waals surface area contributed by atoms with Gasteiger partial charge in [0.2, 0.25) is 0 Å². The average molecular weight is 481 g/mol. The lowest BCUT2D eigenvalue weighted by Gasteiger charge is -2.50. The Morgan fingerprint density at radius 2 is 1.80 bits per heavy atom. The van der Waals surface area contributed by atoms with E-state index in [1.807, 2.05) is 0 Å². The summed E-state index contributed by atoms with van der Waals surface area (Å²) in [5.74, 6) is 3.29. The summed E-state index contributed by atoms with van der Waals surface area (Å²) in [7, 11) is 0. The lowest BCUT2D eigenvalue weighted by molar-refractivity contribution is 0.0700. The maximum atomic E-state index is 6.84. The third-order valence-electron chi connectivity index (χ3n) is 10.8. The molecule has 5 N–H and O–H groups in total. The Morgan fingerprint density at radius 3 is 2.60 bits per heavy atom. The predicted octanol–water partition coefficient (Wildman–Crippen LogP) is 4.82. The zero-order valence-electron chi connectivity index (χ0n) is 22.1. The molecule has 0 aromatic carbocycles. The Kier molecular flexibility index (Phi) is 6.66. The molecule has 0 amide bonds. The molecule has 1 saturated carbocycles. The predicted molar refractivity (Wildman–Crippen MR) is 142 cm³/mol. The fourth-order valence-corrected chi connectivity index (χ4v) is 8.36. The summed E-state index contributed by atoms with van der Waals surface area (Å²) in [6.07, 6.45) is 22.0. The molecular formula is C30H48N4O. The lowest BCUT2D eigenvalue weighted by atomic mass is 9.61. The van der Waals surface area contributed by atoms with Crippen LogP contribution in [-0.2, 0) is 24.7 Å². The first-order valence-electron chi connectivity index (χ1n) is 14.8. The van der Waals surface area contributed by atoms with Crippen molar-refractivity contribution in [1.29, 1.82) is 0 Å². The summed E-state index contributed by atoms with van der Waals surface area (Å²) < 4.78 is 6.84. The number of nitrogens with one attached hydrogen (secondary N) is 3. The van der Waals surface area contributed by atoms with Crippen molar-refractivity contribution in [3.63, 3.8) is 0 Å². The van der Waals surface area contributed by atoms with E-state index >= 15 is 0 Å². The van der Waals surface area contributed by atoms with Crippen molar-refractivity contribution in [2.75, 3.05) is 6.54 Å². The molecule has 2 fully saturated rings. The molecule has 5 atom stereocenters. The minimum absolute atomic E-state index is 0.0352. The van der Waals surface area contributed by atoms with E-state index in [2.05, 4.69) is 41.9 Å². The van der Waals surface area contributed by atoms with Gasteiger partial charge in [0.15, 0.2) is 0 Å². The standard InChI is InChI=1S/C30H48N4O/c1-29(17-14-21(31)15-18-29)25-16-19-32-28(33-25)34-26-13-12-23-22-10-6-7-11-24(22)35-27(23)30(26,2)20-8-4-3-5-9-20/h3-4,20-21,25-26,28,32-34H,5-19,31H2,1-2H3. The number of allylic oxidation sites excluding steroid dienone is 2. The van der Waals surface area contributed by atoms with Crippen LogP contribution in [0.3, 0.4) is 0 Å². The van der Waals surface area contributed by atoms with Gasteiger partial charge in [0.05, 0.1) is 0 Å². The van der Waals surface area contributed by atoms with Gasteiger partial charge in [-0.2, -0.15) is 0 Å². The lowest BCUT2D eigenvalue weighted by Crippen LogP contribution is -2.68. The van der Waals surface area contributed by atoms with Crippen LogP contribution in [0, 0.1) is 11.3 Å². The Morgan fingerprint density at radius 1 is 0.971 bits per heavy atom. The van der Waals surface area contributed by atoms with Crippen LogP contribution in [0.1, 0.15) is 107 Å². The van der Waals surface area contributed by atoms with Gasteiger partial charge in [0, 0.05) is 30.0 Å². The highest BCUT2D eigenvalue weighted by molar-refractivity contribution is 5.43. The van der Waals surface area contributed by atoms with Crippen LogP contribution in [0.25, 0.3) is 0 Å². The van der Waals surface area contributed by atoms with Crippen LogP contribution in [0.2, 0.25) is 0 Å². The molecule has 1 aromatic rings. The van der Waals surface area contributed by atoms with E-state index in [4.69, 9.17) is 10.2 Å². The summed E-state index contributed by atoms with van der Waals surface area (Å²) >= 11 is 0. The van der Waals surface area contributed by atoms with Crippen LogP contribution in [0.4, 0.5) is 0 Å². The molecule has 0 spiro atoms. The maximum absolute atomic E-state index is 6.84. The van der Waals surface area contributed by atoms with Crippen LogP contribution >= 0.6 is 0 Å². The molecule has 6 rings (SSSR count). The monoisotopic (exact) mass is 480 g/mol. The number of hydrogen-bond donors (Lipinski definition) is 4. The SMILES string of the molecule is CC1(C2CCNC(NC3CCc4c(oc5c4CCCC5)C3(C)C3CC=CCC3)N2)CCC(N)CC1. The second-order valence-electron chi connectivity index (χ2n) is 12.9. The molecule has 5 heteroatoms. The molecule has 5 nitrogen and oxygen atoms in total. The van der Waals surface area contributed by atoms with E-state index in [1.165, 1.54) is 88.6 Å². The zero-order chi connectivity index (χ0) is 24.0. The van der Waals surface area contributed by atoms with E-state index in [0.29, 0.717) is 29.5 Å². The Bertz CT molecular complexity index is 929. The normalized spacial score (nSPS) is 41.9. The van der Waals surface area contributed by atoms with Crippen LogP contribution in [-0.4, -0.2) is 31.0 Å². The molecule has 0 radical (unpaired) electrons. The highest BCUT2D eigenvalue weighted by Crippen LogP contribution is 2.50. The van der Waals surface area contributed by atoms with Gasteiger partial charge in [0.1, 0.15) is 17.8 Å². The van der Waals surface area contributed by atoms with Crippen molar-refractivity contribution < 1.29 is 4.42 Å². The third-order valence-corrected chi connectivity index (χ3v) is 10.8. The van der Waals surface area contributed by atoms with Gasteiger partial charge in [0.25, 0.3) is 0 Å². The first-order valence-corrected chi connectivity index (χ1v) is 14.8. The largest absolute Gasteiger partial charge is 0.465 e. The molecule has 1 aliphatic heterocycles. The van der Waals surface area contributed by atoms with Gasteiger partial charge in [-0.3, -0.25) is 16.0 Å². The molecule has 194 valence electrons. The molecule has 5 unspecified atom stereocenters. The Labute approximate surface area is 212 Å². The maximum Gasteiger partial charge on any atom is 0.115 e. The number of hydrogen-bond acceptors (Lipinski definition) is 5. The molecule has 4 aliphatic carbocycles. The number of rotatable bonds is 4. The minimum atomic E-state index is 0.0352. The van der Waals surface area contributed by atoms with E-state index in [0.717, 1.165) is 19.4 Å². The van der Waals surface area contributed by atoms with Crippen LogP contribution < -0.4 is 21.7 Å². The van der Waals surface area contributed by atoms with Gasteiger partial charge in [-0.05, 0) is 112 Å². The summed E-state index contributed by atoms with van der Waals surface area (Å²) in [6, 6.07) is 1.36. The van der Waals surface area contributed by atoms with Crippen molar-refractivity contribution in [2.24, 2.45) is 17.1 Å². The first-order chi connectivity index (χ1) is 17.0. The average Bonchev–Trinajstić information content (AvgIpc) is 3.28. The summed E-state index contributed by atoms with van der Waals surface area (Å²) in [6.45, 7) is 6.11. The quantitative estimate of drug-likeness (QED) is 0.465. The highest BCUT2D eigenvalue weighted by Gasteiger charge is 2.51. The summed E-state index contributed by atoms with van der Waals surface area (Å²) in [5, 5.41) is 11.9. The van der Waals surface area contributed by atoms with Crippen LogP contribution in [0.5, 0.6) is 0 Å². The molecule has 1 saturated heterocycles. The van der Waals surface area contributed by atoms with Gasteiger partial charge in [-0.15, -0.1) is 0 Å². The van der Waals surface area contributed by atoms with Gasteiger partial charge in [-0.25, -0.2) is 0 Å². The van der Waals surface area contributed by atoms with Crippen molar-refractivity contribution >= 4 is 0 Å². The number of fused-ring (bicyclic) bond motifs is 3. The second kappa shape index (κ2) is 9.63. The van der Waals surface area contributed by atoms with E-state index < -0.39 is 0 Å². The van der Waals surface area contributed by atoms with Crippen molar-refractivity contribution in [3.8, 4) is 0 Å². The van der Waals surface area contributed by atoms with Crippen molar-refractivity contribution in [2.45, 2.75) is 134 Å². The fourth-order valence-electron chi connectivity index (χ4n) is 8.36. The number of furan rings is 1.